The standard InChI is InChI=1S/C13H17NO2S/c1-8-4-6-9(7-5-8)11-14-10(12(15)16)13(2,3)17-11/h4-7,10-11,14H,1-3H3,(H,15,16)/p-1/t10-,11?/m0/s1. The van der Waals surface area contributed by atoms with Crippen LogP contribution in [0, 0.1) is 6.92 Å². The van der Waals surface area contributed by atoms with E-state index in [0.29, 0.717) is 0 Å². The molecule has 0 aliphatic carbocycles. The molecule has 1 aliphatic heterocycles. The average Bonchev–Trinajstić information content (AvgIpc) is 2.55. The maximum atomic E-state index is 11.1. The molecule has 1 N–H and O–H groups in total. The summed E-state index contributed by atoms with van der Waals surface area (Å²) in [7, 11) is 0. The van der Waals surface area contributed by atoms with E-state index in [1.165, 1.54) is 5.56 Å². The Balaban J connectivity index is 2.21. The van der Waals surface area contributed by atoms with Crippen molar-refractivity contribution in [3.05, 3.63) is 35.4 Å². The largest absolute Gasteiger partial charge is 0.548 e. The van der Waals surface area contributed by atoms with Crippen molar-refractivity contribution in [2.45, 2.75) is 36.9 Å². The van der Waals surface area contributed by atoms with E-state index in [1.54, 1.807) is 11.8 Å². The number of aryl methyl sites for hydroxylation is 1. The van der Waals surface area contributed by atoms with E-state index < -0.39 is 12.0 Å². The lowest BCUT2D eigenvalue weighted by atomic mass is 10.0. The van der Waals surface area contributed by atoms with Crippen LogP contribution in [0.4, 0.5) is 0 Å². The van der Waals surface area contributed by atoms with Crippen molar-refractivity contribution in [1.82, 2.24) is 5.32 Å². The van der Waals surface area contributed by atoms with Gasteiger partial charge in [0.1, 0.15) is 0 Å². The van der Waals surface area contributed by atoms with E-state index in [2.05, 4.69) is 5.32 Å². The Morgan fingerprint density at radius 1 is 1.35 bits per heavy atom. The highest BCUT2D eigenvalue weighted by atomic mass is 32.2. The van der Waals surface area contributed by atoms with Crippen LogP contribution in [0.3, 0.4) is 0 Å². The number of hydrogen-bond acceptors (Lipinski definition) is 4. The van der Waals surface area contributed by atoms with Crippen LogP contribution in [-0.4, -0.2) is 16.8 Å². The van der Waals surface area contributed by atoms with Gasteiger partial charge in [0.15, 0.2) is 0 Å². The average molecular weight is 250 g/mol. The fourth-order valence-corrected chi connectivity index (χ4v) is 3.42. The molecule has 0 aromatic heterocycles. The summed E-state index contributed by atoms with van der Waals surface area (Å²) in [6.07, 6.45) is 0. The summed E-state index contributed by atoms with van der Waals surface area (Å²) in [5.74, 6) is -1.03. The second-order valence-electron chi connectivity index (χ2n) is 4.93. The lowest BCUT2D eigenvalue weighted by Crippen LogP contribution is -2.51. The quantitative estimate of drug-likeness (QED) is 0.857. The van der Waals surface area contributed by atoms with Gasteiger partial charge in [-0.05, 0) is 26.3 Å². The summed E-state index contributed by atoms with van der Waals surface area (Å²) in [4.78, 5) is 11.1. The van der Waals surface area contributed by atoms with E-state index in [9.17, 15) is 9.90 Å². The monoisotopic (exact) mass is 250 g/mol. The summed E-state index contributed by atoms with van der Waals surface area (Å²) >= 11 is 1.63. The molecule has 1 aromatic rings. The summed E-state index contributed by atoms with van der Waals surface area (Å²) in [5, 5.41) is 14.2. The zero-order valence-electron chi connectivity index (χ0n) is 10.2. The minimum atomic E-state index is -1.03. The molecule has 1 heterocycles. The second kappa shape index (κ2) is 4.35. The number of carboxylic acids is 1. The first kappa shape index (κ1) is 12.5. The summed E-state index contributed by atoms with van der Waals surface area (Å²) < 4.78 is -0.353. The highest BCUT2D eigenvalue weighted by molar-refractivity contribution is 8.01. The molecular weight excluding hydrogens is 234 g/mol. The third kappa shape index (κ3) is 2.48. The third-order valence-electron chi connectivity index (χ3n) is 3.05. The van der Waals surface area contributed by atoms with Crippen molar-refractivity contribution in [3.63, 3.8) is 0 Å². The highest BCUT2D eigenvalue weighted by Gasteiger charge is 2.41. The maximum absolute atomic E-state index is 11.1. The molecule has 2 rings (SSSR count). The lowest BCUT2D eigenvalue weighted by molar-refractivity contribution is -0.308. The third-order valence-corrected chi connectivity index (χ3v) is 4.54. The predicted molar refractivity (Wildman–Crippen MR) is 67.5 cm³/mol. The smallest absolute Gasteiger partial charge is 0.0801 e. The van der Waals surface area contributed by atoms with Gasteiger partial charge in [-0.15, -0.1) is 11.8 Å². The normalized spacial score (nSPS) is 27.0. The molecule has 0 radical (unpaired) electrons. The van der Waals surface area contributed by atoms with Crippen LogP contribution in [0.1, 0.15) is 30.3 Å². The van der Waals surface area contributed by atoms with Gasteiger partial charge in [-0.1, -0.05) is 29.8 Å². The molecule has 1 fully saturated rings. The van der Waals surface area contributed by atoms with Crippen LogP contribution in [0.5, 0.6) is 0 Å². The van der Waals surface area contributed by atoms with E-state index >= 15 is 0 Å². The number of aliphatic carboxylic acids is 1. The number of carbonyl (C=O) groups is 1. The molecular formula is C13H16NO2S-. The van der Waals surface area contributed by atoms with Gasteiger partial charge in [-0.3, -0.25) is 5.32 Å². The van der Waals surface area contributed by atoms with E-state index in [-0.39, 0.29) is 10.1 Å². The van der Waals surface area contributed by atoms with Gasteiger partial charge in [0.05, 0.1) is 17.4 Å². The zero-order valence-corrected chi connectivity index (χ0v) is 11.0. The summed E-state index contributed by atoms with van der Waals surface area (Å²) in [6, 6.07) is 7.54. The Hall–Kier alpha value is -1.00. The SMILES string of the molecule is Cc1ccc(C2N[C@@H](C(=O)[O-])C(C)(C)S2)cc1. The van der Waals surface area contributed by atoms with Gasteiger partial charge < -0.3 is 9.90 Å². The molecule has 1 aliphatic rings. The molecule has 0 amide bonds. The first-order chi connectivity index (χ1) is 7.90. The fourth-order valence-electron chi connectivity index (χ4n) is 2.02. The van der Waals surface area contributed by atoms with Crippen molar-refractivity contribution >= 4 is 17.7 Å². The molecule has 0 bridgehead atoms. The topological polar surface area (TPSA) is 52.2 Å². The van der Waals surface area contributed by atoms with Gasteiger partial charge >= 0.3 is 0 Å². The molecule has 1 aromatic carbocycles. The lowest BCUT2D eigenvalue weighted by Gasteiger charge is -2.25. The van der Waals surface area contributed by atoms with E-state index in [0.717, 1.165) is 5.56 Å². The Morgan fingerprint density at radius 2 is 1.94 bits per heavy atom. The van der Waals surface area contributed by atoms with Gasteiger partial charge in [-0.25, -0.2) is 0 Å². The van der Waals surface area contributed by atoms with Crippen LogP contribution in [0.15, 0.2) is 24.3 Å². The maximum Gasteiger partial charge on any atom is 0.0801 e. The number of thioether (sulfide) groups is 1. The van der Waals surface area contributed by atoms with Gasteiger partial charge in [-0.2, -0.15) is 0 Å². The summed E-state index contributed by atoms with van der Waals surface area (Å²) in [5.41, 5.74) is 2.31. The number of benzene rings is 1. The Labute approximate surface area is 106 Å². The van der Waals surface area contributed by atoms with Crippen LogP contribution in [0.2, 0.25) is 0 Å². The Kier molecular flexibility index (Phi) is 3.19. The molecule has 1 saturated heterocycles. The Morgan fingerprint density at radius 3 is 2.41 bits per heavy atom. The van der Waals surface area contributed by atoms with Crippen LogP contribution in [0.25, 0.3) is 0 Å². The first-order valence-electron chi connectivity index (χ1n) is 5.61. The molecule has 2 atom stereocenters. The molecule has 17 heavy (non-hydrogen) atoms. The van der Waals surface area contributed by atoms with E-state index in [1.807, 2.05) is 45.0 Å². The molecule has 4 heteroatoms. The highest BCUT2D eigenvalue weighted by Crippen LogP contribution is 2.45. The van der Waals surface area contributed by atoms with Crippen LogP contribution < -0.4 is 10.4 Å². The summed E-state index contributed by atoms with van der Waals surface area (Å²) in [6.45, 7) is 5.89. The first-order valence-corrected chi connectivity index (χ1v) is 6.49. The van der Waals surface area contributed by atoms with Gasteiger partial charge in [0, 0.05) is 4.75 Å². The molecule has 92 valence electrons. The zero-order chi connectivity index (χ0) is 12.6. The number of hydrogen-bond donors (Lipinski definition) is 1. The van der Waals surface area contributed by atoms with Crippen LogP contribution in [-0.2, 0) is 4.79 Å². The Bertz CT molecular complexity index is 428. The number of rotatable bonds is 2. The van der Waals surface area contributed by atoms with Crippen molar-refractivity contribution in [2.24, 2.45) is 0 Å². The fraction of sp³-hybridized carbons (Fsp3) is 0.462. The van der Waals surface area contributed by atoms with Crippen molar-refractivity contribution in [1.29, 1.82) is 0 Å². The molecule has 3 nitrogen and oxygen atoms in total. The number of carboxylic acid groups (broad SMARTS) is 1. The van der Waals surface area contributed by atoms with E-state index in [4.69, 9.17) is 0 Å². The number of carbonyl (C=O) groups excluding carboxylic acids is 1. The van der Waals surface area contributed by atoms with Crippen molar-refractivity contribution < 1.29 is 9.90 Å². The predicted octanol–water partition coefficient (Wildman–Crippen LogP) is 1.23. The molecule has 1 unspecified atom stereocenters. The van der Waals surface area contributed by atoms with Crippen LogP contribution >= 0.6 is 11.8 Å². The minimum absolute atomic E-state index is 0.0218. The second-order valence-corrected chi connectivity index (χ2v) is 6.69. The molecule has 0 saturated carbocycles. The minimum Gasteiger partial charge on any atom is -0.548 e. The van der Waals surface area contributed by atoms with Crippen molar-refractivity contribution in [3.8, 4) is 0 Å². The molecule has 0 spiro atoms. The van der Waals surface area contributed by atoms with Crippen molar-refractivity contribution in [2.75, 3.05) is 0 Å². The number of nitrogens with one attached hydrogen (secondary N) is 1. The van der Waals surface area contributed by atoms with Gasteiger partial charge in [0.2, 0.25) is 0 Å². The van der Waals surface area contributed by atoms with Gasteiger partial charge in [0.25, 0.3) is 0 Å².